The first kappa shape index (κ1) is 10.1. The number of aryl methyl sites for hydroxylation is 1. The fourth-order valence-electron chi connectivity index (χ4n) is 1.56. The molecule has 0 aliphatic rings. The van der Waals surface area contributed by atoms with Gasteiger partial charge in [-0.3, -0.25) is 9.20 Å². The summed E-state index contributed by atoms with van der Waals surface area (Å²) in [4.78, 5) is 15.7. The molecular weight excluding hydrogens is 214 g/mol. The summed E-state index contributed by atoms with van der Waals surface area (Å²) in [6.45, 7) is 1.81. The quantitative estimate of drug-likeness (QED) is 0.784. The molecule has 0 aromatic carbocycles. The number of hydrogen-bond donors (Lipinski definition) is 1. The summed E-state index contributed by atoms with van der Waals surface area (Å²) in [5.74, 6) is -0.153. The molecule has 2 aromatic heterocycles. The largest absolute Gasteiger partial charge is 0.324 e. The number of nitrogens with two attached hydrogens (primary N) is 1. The molecule has 78 valence electrons. The number of rotatable bonds is 2. The third-order valence-corrected chi connectivity index (χ3v) is 2.53. The van der Waals surface area contributed by atoms with Crippen LogP contribution in [-0.2, 0) is 0 Å². The van der Waals surface area contributed by atoms with Crippen LogP contribution in [0.3, 0.4) is 0 Å². The second-order valence-corrected chi connectivity index (χ2v) is 3.56. The lowest BCUT2D eigenvalue weighted by molar-refractivity contribution is 0.0995. The fraction of sp³-hybridized carbons (Fsp3) is 0.200. The van der Waals surface area contributed by atoms with Crippen molar-refractivity contribution in [3.8, 4) is 0 Å². The van der Waals surface area contributed by atoms with Crippen LogP contribution < -0.4 is 5.73 Å². The summed E-state index contributed by atoms with van der Waals surface area (Å²) in [6, 6.07) is 5.35. The van der Waals surface area contributed by atoms with E-state index in [2.05, 4.69) is 4.98 Å². The molecule has 15 heavy (non-hydrogen) atoms. The Bertz CT molecular complexity index is 533. The van der Waals surface area contributed by atoms with Crippen molar-refractivity contribution < 1.29 is 4.79 Å². The average Bonchev–Trinajstić information content (AvgIpc) is 2.54. The molecule has 0 radical (unpaired) electrons. The summed E-state index contributed by atoms with van der Waals surface area (Å²) in [7, 11) is 0. The number of fused-ring (bicyclic) bond motifs is 1. The lowest BCUT2D eigenvalue weighted by Gasteiger charge is -2.03. The summed E-state index contributed by atoms with van der Waals surface area (Å²) < 4.78 is 1.62. The van der Waals surface area contributed by atoms with Crippen LogP contribution in [-0.4, -0.2) is 21.7 Å². The van der Waals surface area contributed by atoms with Crippen LogP contribution in [0, 0.1) is 6.92 Å². The fourth-order valence-corrected chi connectivity index (χ4v) is 1.87. The van der Waals surface area contributed by atoms with E-state index in [1.807, 2.05) is 13.0 Å². The number of aromatic nitrogens is 2. The van der Waals surface area contributed by atoms with Gasteiger partial charge in [-0.2, -0.15) is 0 Å². The van der Waals surface area contributed by atoms with E-state index >= 15 is 0 Å². The molecule has 0 atom stereocenters. The maximum absolute atomic E-state index is 11.6. The number of Topliss-reactive ketones (excluding diaryl/α,β-unsaturated/α-hetero) is 1. The monoisotopic (exact) mass is 223 g/mol. The Kier molecular flexibility index (Phi) is 2.46. The smallest absolute Gasteiger partial charge is 0.208 e. The minimum absolute atomic E-state index is 0.0350. The van der Waals surface area contributed by atoms with Gasteiger partial charge < -0.3 is 5.73 Å². The molecule has 2 heterocycles. The number of pyridine rings is 1. The molecule has 0 bridgehead atoms. The van der Waals surface area contributed by atoms with Crippen LogP contribution in [0.2, 0.25) is 5.28 Å². The van der Waals surface area contributed by atoms with Crippen molar-refractivity contribution in [2.24, 2.45) is 5.73 Å². The van der Waals surface area contributed by atoms with Gasteiger partial charge in [0, 0.05) is 0 Å². The normalized spacial score (nSPS) is 10.9. The zero-order valence-corrected chi connectivity index (χ0v) is 8.95. The number of carbonyl (C=O) groups is 1. The standard InChI is InChI=1S/C10H10ClN3O/c1-6-7-3-2-4-8(9(15)5-12)14(7)10(11)13-6/h2-4H,5,12H2,1H3. The highest BCUT2D eigenvalue weighted by Gasteiger charge is 2.13. The molecular formula is C10H10ClN3O. The van der Waals surface area contributed by atoms with E-state index in [1.165, 1.54) is 0 Å². The third-order valence-electron chi connectivity index (χ3n) is 2.28. The van der Waals surface area contributed by atoms with Crippen LogP contribution >= 0.6 is 11.6 Å². The third kappa shape index (κ3) is 1.52. The molecule has 0 saturated carbocycles. The maximum atomic E-state index is 11.6. The number of imidazole rings is 1. The Morgan fingerprint density at radius 2 is 2.33 bits per heavy atom. The van der Waals surface area contributed by atoms with Gasteiger partial charge in [0.05, 0.1) is 23.4 Å². The Morgan fingerprint density at radius 3 is 3.00 bits per heavy atom. The zero-order valence-electron chi connectivity index (χ0n) is 8.20. The van der Waals surface area contributed by atoms with Crippen LogP contribution in [0.5, 0.6) is 0 Å². The highest BCUT2D eigenvalue weighted by molar-refractivity contribution is 6.29. The van der Waals surface area contributed by atoms with Crippen LogP contribution in [0.15, 0.2) is 18.2 Å². The molecule has 5 heteroatoms. The molecule has 2 rings (SSSR count). The van der Waals surface area contributed by atoms with Gasteiger partial charge in [-0.1, -0.05) is 6.07 Å². The summed E-state index contributed by atoms with van der Waals surface area (Å²) in [5, 5.41) is 0.292. The van der Waals surface area contributed by atoms with E-state index in [1.54, 1.807) is 16.5 Å². The minimum atomic E-state index is -0.153. The number of hydrogen-bond acceptors (Lipinski definition) is 3. The summed E-state index contributed by atoms with van der Waals surface area (Å²) in [6.07, 6.45) is 0. The summed E-state index contributed by atoms with van der Waals surface area (Å²) in [5.41, 5.74) is 7.43. The predicted molar refractivity (Wildman–Crippen MR) is 58.3 cm³/mol. The van der Waals surface area contributed by atoms with Crippen molar-refractivity contribution in [3.63, 3.8) is 0 Å². The van der Waals surface area contributed by atoms with Crippen molar-refractivity contribution in [3.05, 3.63) is 34.9 Å². The molecule has 4 nitrogen and oxygen atoms in total. The Hall–Kier alpha value is -1.39. The van der Waals surface area contributed by atoms with E-state index in [0.717, 1.165) is 11.2 Å². The van der Waals surface area contributed by atoms with E-state index in [0.29, 0.717) is 11.0 Å². The second kappa shape index (κ2) is 3.64. The lowest BCUT2D eigenvalue weighted by Crippen LogP contribution is -2.16. The molecule has 2 aromatic rings. The maximum Gasteiger partial charge on any atom is 0.208 e. The van der Waals surface area contributed by atoms with Crippen LogP contribution in [0.1, 0.15) is 16.2 Å². The van der Waals surface area contributed by atoms with Gasteiger partial charge in [-0.05, 0) is 30.7 Å². The van der Waals surface area contributed by atoms with Crippen molar-refractivity contribution in [1.29, 1.82) is 0 Å². The van der Waals surface area contributed by atoms with Gasteiger partial charge in [0.1, 0.15) is 0 Å². The van der Waals surface area contributed by atoms with E-state index in [4.69, 9.17) is 17.3 Å². The van der Waals surface area contributed by atoms with Crippen LogP contribution in [0.4, 0.5) is 0 Å². The number of carbonyl (C=O) groups excluding carboxylic acids is 1. The van der Waals surface area contributed by atoms with Gasteiger partial charge in [0.25, 0.3) is 0 Å². The van der Waals surface area contributed by atoms with Crippen molar-refractivity contribution >= 4 is 22.9 Å². The molecule has 2 N–H and O–H groups in total. The highest BCUT2D eigenvalue weighted by atomic mass is 35.5. The zero-order chi connectivity index (χ0) is 11.0. The van der Waals surface area contributed by atoms with E-state index < -0.39 is 0 Å². The molecule has 0 saturated heterocycles. The molecule has 0 amide bonds. The molecule has 0 aliphatic heterocycles. The SMILES string of the molecule is Cc1nc(Cl)n2c(C(=O)CN)cccc12. The van der Waals surface area contributed by atoms with Gasteiger partial charge in [-0.25, -0.2) is 4.98 Å². The van der Waals surface area contributed by atoms with Crippen molar-refractivity contribution in [2.45, 2.75) is 6.92 Å². The Morgan fingerprint density at radius 1 is 1.60 bits per heavy atom. The Balaban J connectivity index is 2.80. The van der Waals surface area contributed by atoms with Gasteiger partial charge in [-0.15, -0.1) is 0 Å². The van der Waals surface area contributed by atoms with Gasteiger partial charge in [0.2, 0.25) is 5.28 Å². The molecule has 0 aliphatic carbocycles. The first-order chi connectivity index (χ1) is 7.15. The number of nitrogens with zero attached hydrogens (tertiary/aromatic N) is 2. The van der Waals surface area contributed by atoms with E-state index in [-0.39, 0.29) is 12.3 Å². The van der Waals surface area contributed by atoms with Crippen molar-refractivity contribution in [1.82, 2.24) is 9.38 Å². The van der Waals surface area contributed by atoms with Gasteiger partial charge >= 0.3 is 0 Å². The number of halogens is 1. The average molecular weight is 224 g/mol. The summed E-state index contributed by atoms with van der Waals surface area (Å²) >= 11 is 5.94. The molecule has 0 fully saturated rings. The number of ketones is 1. The van der Waals surface area contributed by atoms with Crippen molar-refractivity contribution in [2.75, 3.05) is 6.54 Å². The second-order valence-electron chi connectivity index (χ2n) is 3.23. The topological polar surface area (TPSA) is 60.4 Å². The Labute approximate surface area is 91.7 Å². The van der Waals surface area contributed by atoms with Gasteiger partial charge in [0.15, 0.2) is 5.78 Å². The highest BCUT2D eigenvalue weighted by Crippen LogP contribution is 2.18. The molecule has 0 spiro atoms. The first-order valence-electron chi connectivity index (χ1n) is 4.52. The lowest BCUT2D eigenvalue weighted by atomic mass is 10.2. The first-order valence-corrected chi connectivity index (χ1v) is 4.89. The minimum Gasteiger partial charge on any atom is -0.324 e. The van der Waals surface area contributed by atoms with E-state index in [9.17, 15) is 4.79 Å². The molecule has 0 unspecified atom stereocenters. The predicted octanol–water partition coefficient (Wildman–Crippen LogP) is 1.44. The van der Waals surface area contributed by atoms with Crippen LogP contribution in [0.25, 0.3) is 5.52 Å².